The molecule has 5 aliphatic rings. The smallest absolute Gasteiger partial charge is 0.410 e. The number of fused-ring (bicyclic) bond motifs is 5. The first-order chi connectivity index (χ1) is 21.0. The minimum Gasteiger partial charge on any atom is -0.515 e. The fourth-order valence-electron chi connectivity index (χ4n) is 10.4. The van der Waals surface area contributed by atoms with Gasteiger partial charge in [0.15, 0.2) is 5.78 Å². The van der Waals surface area contributed by atoms with Gasteiger partial charge in [0.2, 0.25) is 0 Å². The maximum atomic E-state index is 13.5. The molecule has 0 bridgehead atoms. The molecule has 0 radical (unpaired) electrons. The van der Waals surface area contributed by atoms with Crippen LogP contribution in [0.5, 0.6) is 0 Å². The first kappa shape index (κ1) is 31.4. The summed E-state index contributed by atoms with van der Waals surface area (Å²) in [5.74, 6) is 2.78. The Hall–Kier alpha value is -2.60. The summed E-state index contributed by atoms with van der Waals surface area (Å²) in [6.07, 6.45) is 9.62. The van der Waals surface area contributed by atoms with Crippen molar-refractivity contribution >= 4 is 11.9 Å². The zero-order valence-electron chi connectivity index (χ0n) is 27.5. The van der Waals surface area contributed by atoms with Gasteiger partial charge in [-0.15, -0.1) is 0 Å². The Morgan fingerprint density at radius 2 is 1.86 bits per heavy atom. The lowest BCUT2D eigenvalue weighted by Gasteiger charge is -2.52. The summed E-state index contributed by atoms with van der Waals surface area (Å²) in [6, 6.07) is 9.91. The van der Waals surface area contributed by atoms with E-state index in [1.807, 2.05) is 35.2 Å². The molecule has 1 saturated heterocycles. The summed E-state index contributed by atoms with van der Waals surface area (Å²) in [5, 5.41) is 9.86. The summed E-state index contributed by atoms with van der Waals surface area (Å²) >= 11 is 0. The van der Waals surface area contributed by atoms with Crippen molar-refractivity contribution in [2.75, 3.05) is 13.1 Å². The van der Waals surface area contributed by atoms with Crippen LogP contribution >= 0.6 is 0 Å². The number of rotatable bonds is 2. The quantitative estimate of drug-likeness (QED) is 0.209. The topological polar surface area (TPSA) is 76.1 Å². The number of aliphatic hydroxyl groups excluding tert-OH is 1. The Kier molecular flexibility index (Phi) is 8.78. The molecule has 0 aromatic heterocycles. The SMILES string of the molecule is CC1=C2C[C@H]3[C@@H](CC[C@@H]4CC(=O)/C(=C\O)C[C@@]43C)[C@@H]2CC[C@@]2(C1)O[C@@H](C)C[C@H](C)CN(C(=O)OCc1ccccc1)C[C@H]2C. The molecule has 9 atom stereocenters. The lowest BCUT2D eigenvalue weighted by molar-refractivity contribution is -0.129. The van der Waals surface area contributed by atoms with E-state index < -0.39 is 0 Å². The van der Waals surface area contributed by atoms with Gasteiger partial charge in [-0.1, -0.05) is 62.2 Å². The van der Waals surface area contributed by atoms with Gasteiger partial charge < -0.3 is 19.5 Å². The van der Waals surface area contributed by atoms with Crippen molar-refractivity contribution in [3.63, 3.8) is 0 Å². The summed E-state index contributed by atoms with van der Waals surface area (Å²) in [5.41, 5.74) is 4.50. The third kappa shape index (κ3) is 5.76. The molecule has 1 aliphatic heterocycles. The highest BCUT2D eigenvalue weighted by atomic mass is 16.6. The number of nitrogens with zero attached hydrogens (tertiary/aromatic N) is 1. The molecule has 4 aliphatic carbocycles. The van der Waals surface area contributed by atoms with Gasteiger partial charge in [0.1, 0.15) is 6.61 Å². The molecule has 1 aromatic rings. The second-order valence-electron chi connectivity index (χ2n) is 15.5. The molecule has 3 saturated carbocycles. The van der Waals surface area contributed by atoms with Crippen LogP contribution in [0.2, 0.25) is 0 Å². The van der Waals surface area contributed by atoms with Gasteiger partial charge in [-0.3, -0.25) is 4.79 Å². The highest BCUT2D eigenvalue weighted by Gasteiger charge is 2.58. The molecular formula is C38H53NO5. The normalized spacial score (nSPS) is 40.4. The van der Waals surface area contributed by atoms with Crippen molar-refractivity contribution < 1.29 is 24.2 Å². The fraction of sp³-hybridized carbons (Fsp3) is 0.684. The van der Waals surface area contributed by atoms with E-state index in [-0.39, 0.29) is 41.5 Å². The van der Waals surface area contributed by atoms with Gasteiger partial charge in [-0.2, -0.15) is 0 Å². The number of carbonyl (C=O) groups excluding carboxylic acids is 2. The van der Waals surface area contributed by atoms with Crippen LogP contribution in [0.15, 0.2) is 53.3 Å². The van der Waals surface area contributed by atoms with Crippen LogP contribution < -0.4 is 0 Å². The molecule has 4 fully saturated rings. The number of carbonyl (C=O) groups is 2. The lowest BCUT2D eigenvalue weighted by Crippen LogP contribution is -2.48. The molecule has 1 amide bonds. The third-order valence-electron chi connectivity index (χ3n) is 12.6. The number of ether oxygens (including phenoxy) is 2. The van der Waals surface area contributed by atoms with E-state index in [0.29, 0.717) is 61.1 Å². The Bertz CT molecular complexity index is 1300. The third-order valence-corrected chi connectivity index (χ3v) is 12.6. The van der Waals surface area contributed by atoms with E-state index >= 15 is 0 Å². The Labute approximate surface area is 264 Å². The van der Waals surface area contributed by atoms with Gasteiger partial charge in [0.05, 0.1) is 18.0 Å². The molecule has 1 N–H and O–H groups in total. The number of hydrogen-bond donors (Lipinski definition) is 1. The average molecular weight is 604 g/mol. The van der Waals surface area contributed by atoms with Crippen LogP contribution in [0.4, 0.5) is 4.79 Å². The highest BCUT2D eigenvalue weighted by Crippen LogP contribution is 2.65. The largest absolute Gasteiger partial charge is 0.515 e. The van der Waals surface area contributed by atoms with Crippen molar-refractivity contribution in [2.24, 2.45) is 40.9 Å². The minimum absolute atomic E-state index is 0.0652. The van der Waals surface area contributed by atoms with Crippen molar-refractivity contribution in [1.82, 2.24) is 4.90 Å². The number of amides is 1. The van der Waals surface area contributed by atoms with Gasteiger partial charge in [0, 0.05) is 31.0 Å². The second kappa shape index (κ2) is 12.3. The van der Waals surface area contributed by atoms with Crippen LogP contribution in [-0.2, 0) is 20.9 Å². The second-order valence-corrected chi connectivity index (χ2v) is 15.5. The van der Waals surface area contributed by atoms with Gasteiger partial charge in [0.25, 0.3) is 0 Å². The molecule has 44 heavy (non-hydrogen) atoms. The number of aliphatic hydroxyl groups is 1. The molecule has 0 unspecified atom stereocenters. The molecule has 6 heteroatoms. The molecule has 6 nitrogen and oxygen atoms in total. The molecule has 1 aromatic carbocycles. The fourth-order valence-corrected chi connectivity index (χ4v) is 10.4. The van der Waals surface area contributed by atoms with E-state index in [1.54, 1.807) is 5.57 Å². The monoisotopic (exact) mass is 603 g/mol. The number of ketones is 1. The predicted octanol–water partition coefficient (Wildman–Crippen LogP) is 8.42. The summed E-state index contributed by atoms with van der Waals surface area (Å²) < 4.78 is 13.0. The predicted molar refractivity (Wildman–Crippen MR) is 172 cm³/mol. The highest BCUT2D eigenvalue weighted by molar-refractivity contribution is 5.96. The Morgan fingerprint density at radius 1 is 1.09 bits per heavy atom. The van der Waals surface area contributed by atoms with Crippen LogP contribution in [0, 0.1) is 40.9 Å². The number of hydrogen-bond acceptors (Lipinski definition) is 5. The van der Waals surface area contributed by atoms with Crippen LogP contribution in [0.3, 0.4) is 0 Å². The van der Waals surface area contributed by atoms with Crippen molar-refractivity contribution in [3.05, 3.63) is 58.9 Å². The van der Waals surface area contributed by atoms with E-state index in [0.717, 1.165) is 50.4 Å². The van der Waals surface area contributed by atoms with Crippen molar-refractivity contribution in [1.29, 1.82) is 0 Å². The zero-order chi connectivity index (χ0) is 31.2. The Morgan fingerprint density at radius 3 is 2.61 bits per heavy atom. The zero-order valence-corrected chi connectivity index (χ0v) is 27.5. The maximum Gasteiger partial charge on any atom is 0.410 e. The van der Waals surface area contributed by atoms with E-state index in [2.05, 4.69) is 34.6 Å². The molecule has 6 rings (SSSR count). The minimum atomic E-state index is -0.316. The summed E-state index contributed by atoms with van der Waals surface area (Å²) in [7, 11) is 0. The number of Topliss-reactive ketones (excluding diaryl/α,β-unsaturated/α-hetero) is 1. The van der Waals surface area contributed by atoms with Crippen molar-refractivity contribution in [3.8, 4) is 0 Å². The van der Waals surface area contributed by atoms with Crippen LogP contribution in [-0.4, -0.2) is 46.7 Å². The van der Waals surface area contributed by atoms with Crippen LogP contribution in [0.1, 0.15) is 98.0 Å². The van der Waals surface area contributed by atoms with E-state index in [4.69, 9.17) is 9.47 Å². The molecule has 240 valence electrons. The van der Waals surface area contributed by atoms with E-state index in [1.165, 1.54) is 12.0 Å². The molecular weight excluding hydrogens is 550 g/mol. The Balaban J connectivity index is 1.23. The maximum absolute atomic E-state index is 13.5. The van der Waals surface area contributed by atoms with Gasteiger partial charge >= 0.3 is 6.09 Å². The summed E-state index contributed by atoms with van der Waals surface area (Å²) in [4.78, 5) is 28.1. The van der Waals surface area contributed by atoms with Crippen molar-refractivity contribution in [2.45, 2.75) is 111 Å². The number of allylic oxidation sites excluding steroid dienone is 2. The van der Waals surface area contributed by atoms with E-state index in [9.17, 15) is 14.7 Å². The van der Waals surface area contributed by atoms with Gasteiger partial charge in [-0.05, 0) is 106 Å². The summed E-state index contributed by atoms with van der Waals surface area (Å²) in [6.45, 7) is 13.1. The number of benzene rings is 1. The van der Waals surface area contributed by atoms with Crippen LogP contribution in [0.25, 0.3) is 0 Å². The standard InChI is InChI=1S/C38H53NO5/c1-24-15-27(4)44-38(26(3)21-39(20-24)36(42)43-23-28-9-7-6-8-10-28)14-13-31-32-12-11-30-16-35(41)29(22-40)19-37(30,5)34(32)17-33(31)25(2)18-38/h6-10,22,24,26-27,30-32,34,40H,11-21,23H2,1-5H3/b29-22-/t24-,26+,27-,30+,31-,32-,34-,37-,38-/m0/s1. The first-order valence-corrected chi connectivity index (χ1v) is 17.2. The average Bonchev–Trinajstić information content (AvgIpc) is 3.33. The molecule has 1 heterocycles. The molecule has 1 spiro atoms. The lowest BCUT2D eigenvalue weighted by atomic mass is 9.51. The first-order valence-electron chi connectivity index (χ1n) is 17.2. The van der Waals surface area contributed by atoms with Gasteiger partial charge in [-0.25, -0.2) is 4.79 Å².